The number of benzene rings is 2. The lowest BCUT2D eigenvalue weighted by atomic mass is 9.83. The number of anilines is 1. The van der Waals surface area contributed by atoms with Crippen LogP contribution in [-0.4, -0.2) is 44.0 Å². The highest BCUT2D eigenvalue weighted by molar-refractivity contribution is 6.84. The second kappa shape index (κ2) is 10.9. The van der Waals surface area contributed by atoms with Crippen LogP contribution in [-0.2, 0) is 11.2 Å². The fraction of sp³-hybridized carbons (Fsp3) is 0.500. The van der Waals surface area contributed by atoms with Gasteiger partial charge in [-0.3, -0.25) is 4.79 Å². The molecule has 2 aliphatic rings. The SMILES string of the molecule is CCCC[C@H]1Cc2cc(OC)ccc2[C@H](c2ccc(NC3CC(F)(F)C3)cc2)N1C(=O)C#C[Si](C)(C)C. The summed E-state index contributed by atoms with van der Waals surface area (Å²) >= 11 is 0. The predicted octanol–water partition coefficient (Wildman–Crippen LogP) is 6.82. The van der Waals surface area contributed by atoms with Crippen LogP contribution in [0.25, 0.3) is 0 Å². The van der Waals surface area contributed by atoms with Gasteiger partial charge in [0.15, 0.2) is 0 Å². The topological polar surface area (TPSA) is 41.6 Å². The minimum atomic E-state index is -2.56. The Hall–Kier alpha value is -2.85. The maximum atomic E-state index is 13.7. The molecule has 0 unspecified atom stereocenters. The summed E-state index contributed by atoms with van der Waals surface area (Å²) in [5, 5.41) is 3.21. The number of ether oxygens (including phenoxy) is 1. The van der Waals surface area contributed by atoms with E-state index in [1.54, 1.807) is 7.11 Å². The molecule has 0 aromatic heterocycles. The number of nitrogens with one attached hydrogen (secondary N) is 1. The van der Waals surface area contributed by atoms with Crippen molar-refractivity contribution in [1.29, 1.82) is 0 Å². The Balaban J connectivity index is 1.72. The molecule has 1 amide bonds. The fourth-order valence-corrected chi connectivity index (χ4v) is 5.72. The van der Waals surface area contributed by atoms with E-state index >= 15 is 0 Å². The predicted molar refractivity (Wildman–Crippen MR) is 148 cm³/mol. The van der Waals surface area contributed by atoms with Gasteiger partial charge in [0.05, 0.1) is 13.2 Å². The average molecular weight is 525 g/mol. The third-order valence-electron chi connectivity index (χ3n) is 7.13. The average Bonchev–Trinajstić information content (AvgIpc) is 2.83. The molecule has 1 aliphatic heterocycles. The number of methoxy groups -OCH3 is 1. The van der Waals surface area contributed by atoms with Gasteiger partial charge in [-0.25, -0.2) is 8.78 Å². The molecule has 4 rings (SSSR count). The van der Waals surface area contributed by atoms with Crippen molar-refractivity contribution in [1.82, 2.24) is 4.90 Å². The van der Waals surface area contributed by atoms with Crippen molar-refractivity contribution in [3.8, 4) is 17.2 Å². The summed E-state index contributed by atoms with van der Waals surface area (Å²) in [7, 11) is -0.0660. The van der Waals surface area contributed by atoms with E-state index in [9.17, 15) is 13.6 Å². The number of amides is 1. The summed E-state index contributed by atoms with van der Waals surface area (Å²) in [6.07, 6.45) is 3.47. The first-order valence-corrected chi connectivity index (χ1v) is 16.8. The number of hydrogen-bond donors (Lipinski definition) is 1. The van der Waals surface area contributed by atoms with Crippen LogP contribution < -0.4 is 10.1 Å². The van der Waals surface area contributed by atoms with Crippen molar-refractivity contribution < 1.29 is 18.3 Å². The Morgan fingerprint density at radius 3 is 2.46 bits per heavy atom. The van der Waals surface area contributed by atoms with Crippen LogP contribution in [0.2, 0.25) is 19.6 Å². The van der Waals surface area contributed by atoms with E-state index in [4.69, 9.17) is 4.74 Å². The molecule has 1 N–H and O–H groups in total. The number of hydrogen-bond acceptors (Lipinski definition) is 3. The Morgan fingerprint density at radius 1 is 1.16 bits per heavy atom. The highest BCUT2D eigenvalue weighted by Crippen LogP contribution is 2.42. The van der Waals surface area contributed by atoms with E-state index in [0.717, 1.165) is 48.2 Å². The van der Waals surface area contributed by atoms with Crippen molar-refractivity contribution in [2.75, 3.05) is 12.4 Å². The molecule has 37 heavy (non-hydrogen) atoms. The number of fused-ring (bicyclic) bond motifs is 1. The van der Waals surface area contributed by atoms with E-state index in [1.165, 1.54) is 5.56 Å². The fourth-order valence-electron chi connectivity index (χ4n) is 5.24. The molecule has 1 fully saturated rings. The lowest BCUT2D eigenvalue weighted by Crippen LogP contribution is -2.47. The van der Waals surface area contributed by atoms with E-state index < -0.39 is 14.0 Å². The number of rotatable bonds is 7. The first-order chi connectivity index (χ1) is 17.5. The van der Waals surface area contributed by atoms with Crippen molar-refractivity contribution in [2.45, 2.75) is 89.1 Å². The van der Waals surface area contributed by atoms with Gasteiger partial charge in [0.1, 0.15) is 13.8 Å². The third kappa shape index (κ3) is 6.54. The van der Waals surface area contributed by atoms with Gasteiger partial charge in [-0.2, -0.15) is 0 Å². The molecule has 0 radical (unpaired) electrons. The molecule has 1 saturated carbocycles. The van der Waals surface area contributed by atoms with Gasteiger partial charge in [-0.15, -0.1) is 5.54 Å². The zero-order valence-corrected chi connectivity index (χ0v) is 23.5. The molecule has 1 heterocycles. The summed E-state index contributed by atoms with van der Waals surface area (Å²) in [5.74, 6) is 1.12. The van der Waals surface area contributed by atoms with Crippen LogP contribution in [0, 0.1) is 11.5 Å². The lowest BCUT2D eigenvalue weighted by Gasteiger charge is -2.43. The normalized spacial score (nSPS) is 20.8. The third-order valence-corrected chi connectivity index (χ3v) is 8.00. The Morgan fingerprint density at radius 2 is 1.86 bits per heavy atom. The van der Waals surface area contributed by atoms with Crippen molar-refractivity contribution in [2.24, 2.45) is 0 Å². The van der Waals surface area contributed by atoms with Gasteiger partial charge in [0.2, 0.25) is 0 Å². The zero-order chi connectivity index (χ0) is 26.8. The molecule has 1 aliphatic carbocycles. The van der Waals surface area contributed by atoms with Gasteiger partial charge in [-0.1, -0.05) is 57.6 Å². The van der Waals surface area contributed by atoms with E-state index in [0.29, 0.717) is 0 Å². The zero-order valence-electron chi connectivity index (χ0n) is 22.5. The van der Waals surface area contributed by atoms with E-state index in [-0.39, 0.29) is 36.9 Å². The van der Waals surface area contributed by atoms with E-state index in [2.05, 4.69) is 55.5 Å². The largest absolute Gasteiger partial charge is 0.497 e. The quantitative estimate of drug-likeness (QED) is 0.319. The van der Waals surface area contributed by atoms with Crippen LogP contribution in [0.1, 0.15) is 61.8 Å². The Kier molecular flexibility index (Phi) is 7.98. The molecule has 4 nitrogen and oxygen atoms in total. The molecule has 198 valence electrons. The molecule has 2 atom stereocenters. The molecule has 2 aromatic carbocycles. The summed E-state index contributed by atoms with van der Waals surface area (Å²) in [5.41, 5.74) is 7.33. The first kappa shape index (κ1) is 27.2. The van der Waals surface area contributed by atoms with Gasteiger partial charge < -0.3 is 15.0 Å². The van der Waals surface area contributed by atoms with Crippen LogP contribution in [0.15, 0.2) is 42.5 Å². The molecule has 0 spiro atoms. The second-order valence-corrected chi connectivity index (χ2v) is 16.2. The van der Waals surface area contributed by atoms with Gasteiger partial charge in [-0.05, 0) is 59.7 Å². The minimum absolute atomic E-state index is 0.0306. The van der Waals surface area contributed by atoms with Crippen molar-refractivity contribution in [3.05, 3.63) is 59.2 Å². The molecule has 0 saturated heterocycles. The van der Waals surface area contributed by atoms with Gasteiger partial charge >= 0.3 is 0 Å². The van der Waals surface area contributed by atoms with Gasteiger partial charge in [0.25, 0.3) is 11.8 Å². The molecular formula is C30H38F2N2O2Si. The molecule has 0 bridgehead atoms. The van der Waals surface area contributed by atoms with Crippen LogP contribution >= 0.6 is 0 Å². The number of carbonyl (C=O) groups excluding carboxylic acids is 1. The maximum Gasteiger partial charge on any atom is 0.298 e. The first-order valence-electron chi connectivity index (χ1n) is 13.3. The number of unbranched alkanes of at least 4 members (excludes halogenated alkanes) is 1. The van der Waals surface area contributed by atoms with Crippen LogP contribution in [0.4, 0.5) is 14.5 Å². The summed E-state index contributed by atoms with van der Waals surface area (Å²) < 4.78 is 32.1. The van der Waals surface area contributed by atoms with Crippen LogP contribution in [0.3, 0.4) is 0 Å². The minimum Gasteiger partial charge on any atom is -0.497 e. The monoisotopic (exact) mass is 524 g/mol. The maximum absolute atomic E-state index is 13.7. The molecule has 7 heteroatoms. The summed E-state index contributed by atoms with van der Waals surface area (Å²) in [6, 6.07) is 13.5. The van der Waals surface area contributed by atoms with Crippen molar-refractivity contribution >= 4 is 19.7 Å². The van der Waals surface area contributed by atoms with E-state index in [1.807, 2.05) is 35.2 Å². The highest BCUT2D eigenvalue weighted by Gasteiger charge is 2.45. The Bertz CT molecular complexity index is 1170. The van der Waals surface area contributed by atoms with Gasteiger partial charge in [0, 0.05) is 30.6 Å². The Labute approximate surface area is 220 Å². The summed E-state index contributed by atoms with van der Waals surface area (Å²) in [4.78, 5) is 15.7. The number of halogens is 2. The summed E-state index contributed by atoms with van der Waals surface area (Å²) in [6.45, 7) is 8.58. The smallest absolute Gasteiger partial charge is 0.298 e. The standard InChI is InChI=1S/C30H38F2N2O2Si/c1-6-7-8-25-17-22-18-26(36-2)13-14-27(22)29(34(25)28(35)15-16-37(3,4)5)21-9-11-23(12-10-21)33-24-19-30(31,32)20-24/h9-14,18,24-25,29,33H,6-8,17,19-20H2,1-5H3/t25-,29-/m0/s1. The number of nitrogens with zero attached hydrogens (tertiary/aromatic N) is 1. The van der Waals surface area contributed by atoms with Crippen molar-refractivity contribution in [3.63, 3.8) is 0 Å². The number of alkyl halides is 2. The molecule has 2 aromatic rings. The lowest BCUT2D eigenvalue weighted by molar-refractivity contribution is -0.130. The molecular weight excluding hydrogens is 486 g/mol. The highest BCUT2D eigenvalue weighted by atomic mass is 28.3. The second-order valence-electron chi connectivity index (χ2n) is 11.4. The number of carbonyl (C=O) groups is 1. The van der Waals surface area contributed by atoms with Crippen LogP contribution in [0.5, 0.6) is 5.75 Å².